The first-order valence-electron chi connectivity index (χ1n) is 15.2. The summed E-state index contributed by atoms with van der Waals surface area (Å²) in [5.41, 5.74) is 7.22. The quantitative estimate of drug-likeness (QED) is 0.139. The Morgan fingerprint density at radius 1 is 0.848 bits per heavy atom. The third-order valence-electron chi connectivity index (χ3n) is 7.33. The number of hydrogen-bond donors (Lipinski definition) is 5. The summed E-state index contributed by atoms with van der Waals surface area (Å²) in [6.45, 7) is 3.68. The molecule has 0 spiro atoms. The van der Waals surface area contributed by atoms with E-state index < -0.39 is 60.8 Å². The van der Waals surface area contributed by atoms with Gasteiger partial charge in [0.25, 0.3) is 5.91 Å². The predicted molar refractivity (Wildman–Crippen MR) is 174 cm³/mol. The Hall–Kier alpha value is -4.34. The molecule has 0 bridgehead atoms. The molecule has 0 aliphatic carbocycles. The Kier molecular flexibility index (Phi) is 13.7. The van der Waals surface area contributed by atoms with Crippen molar-refractivity contribution in [3.8, 4) is 0 Å². The molecule has 3 aromatic rings. The van der Waals surface area contributed by atoms with Gasteiger partial charge >= 0.3 is 0 Å². The second-order valence-corrected chi connectivity index (χ2v) is 14.1. The van der Waals surface area contributed by atoms with Gasteiger partial charge in [-0.1, -0.05) is 80.6 Å². The van der Waals surface area contributed by atoms with E-state index in [1.54, 1.807) is 30.3 Å². The lowest BCUT2D eigenvalue weighted by Gasteiger charge is -2.26. The maximum Gasteiger partial charge on any atom is 0.252 e. The van der Waals surface area contributed by atoms with Crippen LogP contribution >= 0.6 is 7.37 Å². The number of amides is 4. The summed E-state index contributed by atoms with van der Waals surface area (Å²) < 4.78 is 27.4. The topological polar surface area (TPSA) is 168 Å². The highest BCUT2D eigenvalue weighted by Crippen LogP contribution is 2.46. The molecule has 0 saturated heterocycles. The van der Waals surface area contributed by atoms with Gasteiger partial charge in [-0.2, -0.15) is 0 Å². The van der Waals surface area contributed by atoms with Crippen molar-refractivity contribution in [2.75, 3.05) is 6.16 Å². The SMILES string of the molecule is CC(C)C[C@H](NC(=O)CP(=O)(O)C(Cc1ccccc1)NC(=O)c1cccc(F)c1)C(=O)N[C@@H](CCCc1ccccc1)C(N)=O. The maximum atomic E-state index is 13.8. The summed E-state index contributed by atoms with van der Waals surface area (Å²) in [5, 5.41) is 7.68. The lowest BCUT2D eigenvalue weighted by molar-refractivity contribution is -0.131. The van der Waals surface area contributed by atoms with Crippen LogP contribution in [0.1, 0.15) is 54.6 Å². The zero-order valence-corrected chi connectivity index (χ0v) is 26.9. The van der Waals surface area contributed by atoms with E-state index in [2.05, 4.69) is 16.0 Å². The fourth-order valence-electron chi connectivity index (χ4n) is 4.97. The van der Waals surface area contributed by atoms with Gasteiger partial charge in [0.2, 0.25) is 25.1 Å². The van der Waals surface area contributed by atoms with Crippen molar-refractivity contribution in [3.63, 3.8) is 0 Å². The smallest absolute Gasteiger partial charge is 0.252 e. The van der Waals surface area contributed by atoms with Crippen LogP contribution in [0.3, 0.4) is 0 Å². The number of hydrogen-bond acceptors (Lipinski definition) is 5. The number of carbonyl (C=O) groups excluding carboxylic acids is 4. The molecule has 12 heteroatoms. The van der Waals surface area contributed by atoms with E-state index in [0.717, 1.165) is 11.6 Å². The predicted octanol–water partition coefficient (Wildman–Crippen LogP) is 3.92. The largest absolute Gasteiger partial charge is 0.368 e. The normalized spacial score (nSPS) is 14.4. The van der Waals surface area contributed by atoms with Crippen molar-refractivity contribution >= 4 is 31.0 Å². The van der Waals surface area contributed by atoms with Crippen molar-refractivity contribution in [1.82, 2.24) is 16.0 Å². The first-order chi connectivity index (χ1) is 21.8. The monoisotopic (exact) mass is 652 g/mol. The van der Waals surface area contributed by atoms with Crippen LogP contribution < -0.4 is 21.7 Å². The molecule has 0 aromatic heterocycles. The van der Waals surface area contributed by atoms with Gasteiger partial charge < -0.3 is 26.6 Å². The van der Waals surface area contributed by atoms with Crippen LogP contribution in [0.2, 0.25) is 0 Å². The first kappa shape index (κ1) is 36.1. The number of primary amides is 1. The van der Waals surface area contributed by atoms with Gasteiger partial charge in [-0.05, 0) is 60.9 Å². The fourth-order valence-corrected chi connectivity index (χ4v) is 6.51. The van der Waals surface area contributed by atoms with E-state index in [-0.39, 0.29) is 30.7 Å². The summed E-state index contributed by atoms with van der Waals surface area (Å²) in [6.07, 6.45) is 0.756. The number of aryl methyl sites for hydroxylation is 1. The molecule has 3 rings (SSSR count). The Bertz CT molecular complexity index is 1520. The number of halogens is 1. The van der Waals surface area contributed by atoms with Gasteiger partial charge in [-0.15, -0.1) is 0 Å². The van der Waals surface area contributed by atoms with Crippen LogP contribution in [0.15, 0.2) is 84.9 Å². The summed E-state index contributed by atoms with van der Waals surface area (Å²) in [6, 6.07) is 21.1. The summed E-state index contributed by atoms with van der Waals surface area (Å²) in [5.74, 6) is -5.12. The molecule has 46 heavy (non-hydrogen) atoms. The van der Waals surface area contributed by atoms with Crippen molar-refractivity contribution in [3.05, 3.63) is 107 Å². The highest BCUT2D eigenvalue weighted by molar-refractivity contribution is 7.59. The van der Waals surface area contributed by atoms with E-state index in [1.807, 2.05) is 44.2 Å². The Morgan fingerprint density at radius 2 is 1.48 bits per heavy atom. The van der Waals surface area contributed by atoms with Crippen LogP contribution in [0.4, 0.5) is 4.39 Å². The van der Waals surface area contributed by atoms with E-state index >= 15 is 0 Å². The van der Waals surface area contributed by atoms with Crippen LogP contribution in [-0.4, -0.2) is 52.6 Å². The van der Waals surface area contributed by atoms with Gasteiger partial charge in [-0.25, -0.2) is 4.39 Å². The molecule has 246 valence electrons. The molecule has 0 aliphatic heterocycles. The third kappa shape index (κ3) is 11.9. The summed E-state index contributed by atoms with van der Waals surface area (Å²) in [4.78, 5) is 62.7. The Morgan fingerprint density at radius 3 is 2.07 bits per heavy atom. The van der Waals surface area contributed by atoms with E-state index in [9.17, 15) is 33.0 Å². The molecule has 2 unspecified atom stereocenters. The number of benzene rings is 3. The molecule has 3 aromatic carbocycles. The highest BCUT2D eigenvalue weighted by atomic mass is 31.2. The van der Waals surface area contributed by atoms with Crippen molar-refractivity contribution in [1.29, 1.82) is 0 Å². The van der Waals surface area contributed by atoms with E-state index in [1.165, 1.54) is 18.2 Å². The van der Waals surface area contributed by atoms with Crippen molar-refractivity contribution in [2.24, 2.45) is 11.7 Å². The number of nitrogens with one attached hydrogen (secondary N) is 3. The number of carbonyl (C=O) groups is 4. The Labute approximate surface area is 268 Å². The zero-order chi connectivity index (χ0) is 33.7. The van der Waals surface area contributed by atoms with Gasteiger partial charge in [0, 0.05) is 12.0 Å². The van der Waals surface area contributed by atoms with Gasteiger partial charge in [-0.3, -0.25) is 23.7 Å². The first-order valence-corrected chi connectivity index (χ1v) is 17.1. The zero-order valence-electron chi connectivity index (χ0n) is 26.0. The van der Waals surface area contributed by atoms with Crippen LogP contribution in [-0.2, 0) is 31.8 Å². The van der Waals surface area contributed by atoms with Crippen LogP contribution in [0.5, 0.6) is 0 Å². The molecule has 4 atom stereocenters. The van der Waals surface area contributed by atoms with Gasteiger partial charge in [0.05, 0.1) is 0 Å². The Balaban J connectivity index is 1.71. The molecular weight excluding hydrogens is 610 g/mol. The minimum atomic E-state index is -4.46. The number of nitrogens with two attached hydrogens (primary N) is 1. The van der Waals surface area contributed by atoms with E-state index in [0.29, 0.717) is 18.4 Å². The number of rotatable bonds is 17. The molecule has 0 radical (unpaired) electrons. The molecule has 0 aliphatic rings. The lowest BCUT2D eigenvalue weighted by atomic mass is 10.0. The molecular formula is C34H42FN4O6P. The second-order valence-electron chi connectivity index (χ2n) is 11.7. The summed E-state index contributed by atoms with van der Waals surface area (Å²) >= 11 is 0. The van der Waals surface area contributed by atoms with Crippen molar-refractivity contribution in [2.45, 2.75) is 63.8 Å². The molecule has 6 N–H and O–H groups in total. The average molecular weight is 653 g/mol. The maximum absolute atomic E-state index is 13.8. The minimum absolute atomic E-state index is 0.0519. The van der Waals surface area contributed by atoms with Crippen LogP contribution in [0.25, 0.3) is 0 Å². The molecule has 0 heterocycles. The highest BCUT2D eigenvalue weighted by Gasteiger charge is 2.36. The molecule has 0 fully saturated rings. The molecule has 4 amide bonds. The van der Waals surface area contributed by atoms with E-state index in [4.69, 9.17) is 5.73 Å². The van der Waals surface area contributed by atoms with Crippen LogP contribution in [0, 0.1) is 11.7 Å². The fraction of sp³-hybridized carbons (Fsp3) is 0.353. The molecule has 10 nitrogen and oxygen atoms in total. The van der Waals surface area contributed by atoms with Gasteiger partial charge in [0.15, 0.2) is 0 Å². The van der Waals surface area contributed by atoms with Gasteiger partial charge in [0.1, 0.15) is 29.8 Å². The lowest BCUT2D eigenvalue weighted by Crippen LogP contribution is -2.53. The third-order valence-corrected chi connectivity index (χ3v) is 9.36. The second kappa shape index (κ2) is 17.4. The minimum Gasteiger partial charge on any atom is -0.368 e. The standard InChI is InChI=1S/C34H42FN4O6P/c1-23(2)19-29(34(43)38-28(32(36)41)18-9-15-24-11-5-3-6-12-24)37-30(40)22-46(44,45)31(20-25-13-7-4-8-14-25)39-33(42)26-16-10-17-27(35)21-26/h3-8,10-14,16-17,21,23,28-29,31H,9,15,18-20,22H2,1-2H3,(H2,36,41)(H,37,40)(H,38,43)(H,39,42)(H,44,45)/t28-,29-,31?/m0/s1. The van der Waals surface area contributed by atoms with Crippen molar-refractivity contribution < 1.29 is 33.0 Å². The summed E-state index contributed by atoms with van der Waals surface area (Å²) in [7, 11) is -4.46. The average Bonchev–Trinajstić information content (AvgIpc) is 3.00. The molecule has 0 saturated carbocycles.